The molecule has 12 nitrogen and oxygen atoms in total. The number of hydrogen-bond donors (Lipinski definition) is 2. The monoisotopic (exact) mass is 696 g/mol. The van der Waals surface area contributed by atoms with E-state index in [2.05, 4.69) is 5.32 Å². The molecule has 264 valence electrons. The Morgan fingerprint density at radius 3 is 2.53 bits per heavy atom. The molecule has 49 heavy (non-hydrogen) atoms. The van der Waals surface area contributed by atoms with E-state index in [-0.39, 0.29) is 49.6 Å². The maximum atomic E-state index is 13.9. The first-order valence-corrected chi connectivity index (χ1v) is 18.1. The Morgan fingerprint density at radius 2 is 1.76 bits per heavy atom. The maximum absolute atomic E-state index is 13.9. The van der Waals surface area contributed by atoms with Crippen molar-refractivity contribution in [2.75, 3.05) is 33.1 Å². The average molecular weight is 697 g/mol. The van der Waals surface area contributed by atoms with E-state index in [0.717, 1.165) is 24.0 Å². The van der Waals surface area contributed by atoms with Crippen molar-refractivity contribution >= 4 is 16.1 Å². The largest absolute Gasteiger partial charge is 0.489 e. The molecule has 2 saturated heterocycles. The van der Waals surface area contributed by atoms with Crippen LogP contribution in [0, 0.1) is 11.8 Å². The van der Waals surface area contributed by atoms with E-state index in [1.165, 1.54) is 16.4 Å². The lowest BCUT2D eigenvalue weighted by atomic mass is 9.97. The van der Waals surface area contributed by atoms with Gasteiger partial charge in [-0.15, -0.1) is 0 Å². The average Bonchev–Trinajstić information content (AvgIpc) is 3.74. The van der Waals surface area contributed by atoms with Crippen LogP contribution in [0.2, 0.25) is 0 Å². The Balaban J connectivity index is 1.18. The van der Waals surface area contributed by atoms with Crippen LogP contribution in [0.4, 0.5) is 4.79 Å². The minimum absolute atomic E-state index is 0.0121. The van der Waals surface area contributed by atoms with Crippen LogP contribution in [-0.4, -0.2) is 81.6 Å². The number of sulfonamides is 1. The third kappa shape index (κ3) is 8.84. The third-order valence-corrected chi connectivity index (χ3v) is 10.6. The molecule has 2 fully saturated rings. The number of hydrogen-bond acceptors (Lipinski definition) is 10. The summed E-state index contributed by atoms with van der Waals surface area (Å²) < 4.78 is 63.0. The van der Waals surface area contributed by atoms with Crippen molar-refractivity contribution in [2.45, 2.75) is 69.2 Å². The van der Waals surface area contributed by atoms with Gasteiger partial charge in [-0.2, -0.15) is 4.31 Å². The summed E-state index contributed by atoms with van der Waals surface area (Å²) in [5.41, 5.74) is 1.84. The Labute approximate surface area is 287 Å². The number of alkyl carbamates (subject to hydrolysis) is 1. The molecule has 5 atom stereocenters. The first kappa shape index (κ1) is 35.0. The summed E-state index contributed by atoms with van der Waals surface area (Å²) in [7, 11) is -4.07. The van der Waals surface area contributed by atoms with Gasteiger partial charge in [0.1, 0.15) is 18.5 Å². The van der Waals surface area contributed by atoms with E-state index >= 15 is 0 Å². The van der Waals surface area contributed by atoms with Crippen LogP contribution in [0.5, 0.6) is 17.2 Å². The quantitative estimate of drug-likeness (QED) is 0.248. The van der Waals surface area contributed by atoms with Crippen molar-refractivity contribution in [3.8, 4) is 17.2 Å². The second-order valence-electron chi connectivity index (χ2n) is 13.0. The van der Waals surface area contributed by atoms with Gasteiger partial charge in [0.15, 0.2) is 17.8 Å². The van der Waals surface area contributed by atoms with Crippen LogP contribution in [0.25, 0.3) is 0 Å². The van der Waals surface area contributed by atoms with Crippen LogP contribution in [0.1, 0.15) is 37.8 Å². The molecule has 6 rings (SSSR count). The lowest BCUT2D eigenvalue weighted by Crippen LogP contribution is -2.51. The fraction of sp³-hybridized carbons (Fsp3) is 0.472. The Morgan fingerprint density at radius 1 is 0.980 bits per heavy atom. The molecular formula is C36H44N2O10S. The number of ether oxygens (including phenoxy) is 6. The number of aliphatic hydroxyl groups is 1. The SMILES string of the molecule is CC(C)CN(CC(O)C(Cc1ccc(OCc2ccccc2)cc1)NC(=O)OC1COC2OCCCC12)S(=O)(=O)c1ccc2c(c1)OCO2. The normalized spacial score (nSPS) is 21.3. The molecule has 0 aromatic heterocycles. The van der Waals surface area contributed by atoms with Crippen molar-refractivity contribution in [3.63, 3.8) is 0 Å². The molecule has 3 aliphatic heterocycles. The first-order valence-electron chi connectivity index (χ1n) is 16.7. The molecule has 3 aromatic carbocycles. The highest BCUT2D eigenvalue weighted by Crippen LogP contribution is 2.35. The van der Waals surface area contributed by atoms with Gasteiger partial charge in [0.2, 0.25) is 16.8 Å². The number of benzene rings is 3. The van der Waals surface area contributed by atoms with Crippen molar-refractivity contribution in [1.82, 2.24) is 9.62 Å². The molecule has 3 heterocycles. The second-order valence-corrected chi connectivity index (χ2v) is 14.9. The van der Waals surface area contributed by atoms with E-state index in [1.54, 1.807) is 6.07 Å². The summed E-state index contributed by atoms with van der Waals surface area (Å²) in [6.45, 7) is 4.91. The van der Waals surface area contributed by atoms with Crippen molar-refractivity contribution in [2.24, 2.45) is 11.8 Å². The lowest BCUT2D eigenvalue weighted by molar-refractivity contribution is -0.152. The summed E-state index contributed by atoms with van der Waals surface area (Å²) in [6.07, 6.45) is -1.05. The summed E-state index contributed by atoms with van der Waals surface area (Å²) in [5, 5.41) is 14.5. The van der Waals surface area contributed by atoms with Crippen LogP contribution in [0.15, 0.2) is 77.7 Å². The molecule has 0 spiro atoms. The predicted molar refractivity (Wildman–Crippen MR) is 179 cm³/mol. The molecule has 2 N–H and O–H groups in total. The number of nitrogens with one attached hydrogen (secondary N) is 1. The number of rotatable bonds is 14. The Kier molecular flexibility index (Phi) is 11.3. The van der Waals surface area contributed by atoms with Gasteiger partial charge in [-0.1, -0.05) is 56.3 Å². The van der Waals surface area contributed by atoms with E-state index in [9.17, 15) is 18.3 Å². The van der Waals surface area contributed by atoms with Gasteiger partial charge in [-0.05, 0) is 60.6 Å². The zero-order chi connectivity index (χ0) is 34.4. The molecule has 0 aliphatic carbocycles. The van der Waals surface area contributed by atoms with Crippen LogP contribution >= 0.6 is 0 Å². The fourth-order valence-electron chi connectivity index (χ4n) is 6.27. The molecule has 3 aromatic rings. The molecule has 1 amide bonds. The summed E-state index contributed by atoms with van der Waals surface area (Å²) in [6, 6.07) is 20.7. The third-order valence-electron chi connectivity index (χ3n) is 8.81. The smallest absolute Gasteiger partial charge is 0.407 e. The molecule has 3 aliphatic rings. The number of aliphatic hydroxyl groups excluding tert-OH is 1. The molecule has 13 heteroatoms. The van der Waals surface area contributed by atoms with Crippen molar-refractivity contribution in [1.29, 1.82) is 0 Å². The molecule has 0 saturated carbocycles. The fourth-order valence-corrected chi connectivity index (χ4v) is 7.91. The van der Waals surface area contributed by atoms with E-state index in [1.807, 2.05) is 68.4 Å². The molecular weight excluding hydrogens is 652 g/mol. The van der Waals surface area contributed by atoms with E-state index < -0.39 is 40.7 Å². The molecule has 0 bridgehead atoms. The number of fused-ring (bicyclic) bond motifs is 2. The highest BCUT2D eigenvalue weighted by Gasteiger charge is 2.42. The summed E-state index contributed by atoms with van der Waals surface area (Å²) in [4.78, 5) is 13.3. The Bertz CT molecular complexity index is 1650. The number of carbonyl (C=O) groups is 1. The number of carbonyl (C=O) groups excluding carboxylic acids is 1. The minimum atomic E-state index is -4.07. The van der Waals surface area contributed by atoms with Gasteiger partial charge < -0.3 is 38.8 Å². The highest BCUT2D eigenvalue weighted by atomic mass is 32.2. The summed E-state index contributed by atoms with van der Waals surface area (Å²) >= 11 is 0. The van der Waals surface area contributed by atoms with E-state index in [4.69, 9.17) is 28.4 Å². The zero-order valence-corrected chi connectivity index (χ0v) is 28.5. The van der Waals surface area contributed by atoms with Gasteiger partial charge in [0, 0.05) is 31.7 Å². The van der Waals surface area contributed by atoms with Gasteiger partial charge in [0.25, 0.3) is 0 Å². The highest BCUT2D eigenvalue weighted by molar-refractivity contribution is 7.89. The molecule has 0 radical (unpaired) electrons. The maximum Gasteiger partial charge on any atom is 0.407 e. The zero-order valence-electron chi connectivity index (χ0n) is 27.7. The topological polar surface area (TPSA) is 142 Å². The van der Waals surface area contributed by atoms with Gasteiger partial charge in [0.05, 0.1) is 23.6 Å². The van der Waals surface area contributed by atoms with Crippen LogP contribution < -0.4 is 19.5 Å². The van der Waals surface area contributed by atoms with Gasteiger partial charge in [-0.25, -0.2) is 13.2 Å². The van der Waals surface area contributed by atoms with Crippen LogP contribution in [0.3, 0.4) is 0 Å². The number of nitrogens with zero attached hydrogens (tertiary/aromatic N) is 1. The summed E-state index contributed by atoms with van der Waals surface area (Å²) in [5.74, 6) is 1.35. The lowest BCUT2D eigenvalue weighted by Gasteiger charge is -2.31. The van der Waals surface area contributed by atoms with Crippen LogP contribution in [-0.2, 0) is 37.3 Å². The predicted octanol–water partition coefficient (Wildman–Crippen LogP) is 4.49. The van der Waals surface area contributed by atoms with Gasteiger partial charge in [-0.3, -0.25) is 0 Å². The Hall–Kier alpha value is -3.88. The van der Waals surface area contributed by atoms with Crippen molar-refractivity contribution < 1.29 is 46.7 Å². The molecule has 5 unspecified atom stereocenters. The van der Waals surface area contributed by atoms with Crippen molar-refractivity contribution in [3.05, 3.63) is 83.9 Å². The first-order chi connectivity index (χ1) is 23.7. The van der Waals surface area contributed by atoms with Gasteiger partial charge >= 0.3 is 6.09 Å². The standard InChI is InChI=1S/C36H44N2O10S/c1-24(2)19-38(49(41,42)28-14-15-32-33(18-28)47-23-46-32)20-31(39)30(37-36(40)48-34-22-45-35-29(34)9-6-16-43-35)17-25-10-12-27(13-11-25)44-21-26-7-4-3-5-8-26/h3-5,7-8,10-15,18,24,29-31,34-35,39H,6,9,16-17,19-23H2,1-2H3,(H,37,40). The van der Waals surface area contributed by atoms with E-state index in [0.29, 0.717) is 30.5 Å². The second kappa shape index (κ2) is 15.8. The number of amides is 1. The minimum Gasteiger partial charge on any atom is -0.489 e.